The highest BCUT2D eigenvalue weighted by molar-refractivity contribution is 6.75. The van der Waals surface area contributed by atoms with E-state index in [1.165, 1.54) is 4.68 Å². The highest BCUT2D eigenvalue weighted by Crippen LogP contribution is 2.56. The monoisotopic (exact) mass is 425 g/mol. The van der Waals surface area contributed by atoms with E-state index in [2.05, 4.69) is 10.3 Å². The Morgan fingerprint density at radius 1 is 0.947 bits per heavy atom. The Morgan fingerprint density at radius 2 is 1.42 bits per heavy atom. The summed E-state index contributed by atoms with van der Waals surface area (Å²) in [4.78, 5) is 0. The van der Waals surface area contributed by atoms with E-state index in [0.29, 0.717) is 0 Å². The first kappa shape index (κ1) is 18.5. The summed E-state index contributed by atoms with van der Waals surface area (Å²) >= 11 is 47.0. The molecule has 0 radical (unpaired) electrons. The minimum absolute atomic E-state index is 0.0193. The van der Waals surface area contributed by atoms with Gasteiger partial charge in [0.1, 0.15) is 11.4 Å². The predicted octanol–water partition coefficient (Wildman–Crippen LogP) is 5.69. The summed E-state index contributed by atoms with van der Waals surface area (Å²) in [6.45, 7) is 3.59. The molecule has 0 aliphatic rings. The minimum Gasteiger partial charge on any atom is -0.243 e. The lowest BCUT2D eigenvalue weighted by molar-refractivity contribution is 0.485. The standard InChI is InChI=1S/C8H7Cl8N3/c1-3(2)19-5(6(9,10)8(14,15)16)4(17-18-19)7(11,12)13/h3H,1-2H3. The Balaban J connectivity index is 3.60. The quantitative estimate of drug-likeness (QED) is 0.567. The van der Waals surface area contributed by atoms with Gasteiger partial charge in [-0.2, -0.15) is 0 Å². The van der Waals surface area contributed by atoms with Crippen molar-refractivity contribution in [3.05, 3.63) is 11.4 Å². The van der Waals surface area contributed by atoms with Crippen molar-refractivity contribution in [2.75, 3.05) is 0 Å². The van der Waals surface area contributed by atoms with Crippen LogP contribution in [0.1, 0.15) is 31.3 Å². The molecule has 11 heteroatoms. The van der Waals surface area contributed by atoms with E-state index < -0.39 is 11.9 Å². The zero-order valence-corrected chi connectivity index (χ0v) is 15.5. The topological polar surface area (TPSA) is 30.7 Å². The summed E-state index contributed by atoms with van der Waals surface area (Å²) in [7, 11) is 0. The van der Waals surface area contributed by atoms with Gasteiger partial charge >= 0.3 is 0 Å². The van der Waals surface area contributed by atoms with Crippen molar-refractivity contribution in [1.82, 2.24) is 15.0 Å². The smallest absolute Gasteiger partial charge is 0.236 e. The number of hydrogen-bond donors (Lipinski definition) is 0. The molecule has 1 aromatic heterocycles. The summed E-state index contributed by atoms with van der Waals surface area (Å²) < 4.78 is -4.65. The molecule has 0 unspecified atom stereocenters. The average molecular weight is 429 g/mol. The summed E-state index contributed by atoms with van der Waals surface area (Å²) in [6.07, 6.45) is 0. The maximum Gasteiger partial charge on any atom is 0.236 e. The fourth-order valence-corrected chi connectivity index (χ4v) is 2.28. The van der Waals surface area contributed by atoms with Crippen molar-refractivity contribution in [1.29, 1.82) is 0 Å². The molecular formula is C8H7Cl8N3. The molecule has 0 saturated heterocycles. The second kappa shape index (κ2) is 5.92. The minimum atomic E-state index is -2.07. The summed E-state index contributed by atoms with van der Waals surface area (Å²) in [5, 5.41) is 7.59. The Morgan fingerprint density at radius 3 is 1.74 bits per heavy atom. The van der Waals surface area contributed by atoms with Crippen LogP contribution in [-0.2, 0) is 8.13 Å². The van der Waals surface area contributed by atoms with E-state index in [1.54, 1.807) is 13.8 Å². The van der Waals surface area contributed by atoms with E-state index in [9.17, 15) is 0 Å². The molecule has 0 spiro atoms. The number of aromatic nitrogens is 3. The molecule has 1 aromatic rings. The Hall–Kier alpha value is 1.46. The molecule has 110 valence electrons. The molecule has 0 saturated carbocycles. The van der Waals surface area contributed by atoms with Gasteiger partial charge in [-0.3, -0.25) is 0 Å². The van der Waals surface area contributed by atoms with Crippen LogP contribution in [0.25, 0.3) is 0 Å². The van der Waals surface area contributed by atoms with Gasteiger partial charge in [0.15, 0.2) is 0 Å². The normalized spacial score (nSPS) is 14.3. The van der Waals surface area contributed by atoms with E-state index in [0.717, 1.165) is 0 Å². The molecule has 0 bridgehead atoms. The van der Waals surface area contributed by atoms with Crippen LogP contribution >= 0.6 is 92.8 Å². The maximum absolute atomic E-state index is 6.13. The van der Waals surface area contributed by atoms with Crippen LogP contribution in [0.3, 0.4) is 0 Å². The number of alkyl halides is 8. The number of halogens is 8. The summed E-state index contributed by atoms with van der Waals surface area (Å²) in [5.41, 5.74) is -0.0756. The van der Waals surface area contributed by atoms with Gasteiger partial charge in [-0.15, -0.1) is 5.10 Å². The highest BCUT2D eigenvalue weighted by atomic mass is 35.6. The number of nitrogens with zero attached hydrogens (tertiary/aromatic N) is 3. The molecule has 1 rings (SSSR count). The summed E-state index contributed by atoms with van der Waals surface area (Å²) in [6, 6.07) is -0.187. The van der Waals surface area contributed by atoms with Crippen LogP contribution < -0.4 is 0 Å². The third-order valence-electron chi connectivity index (χ3n) is 2.11. The molecule has 3 nitrogen and oxygen atoms in total. The zero-order chi connectivity index (χ0) is 15.2. The molecule has 0 aliphatic carbocycles. The van der Waals surface area contributed by atoms with Gasteiger partial charge in [-0.1, -0.05) is 98.0 Å². The zero-order valence-electron chi connectivity index (χ0n) is 9.44. The Labute approximate surface area is 150 Å². The molecular weight excluding hydrogens is 422 g/mol. The van der Waals surface area contributed by atoms with Crippen molar-refractivity contribution < 1.29 is 0 Å². The largest absolute Gasteiger partial charge is 0.243 e. The third-order valence-corrected chi connectivity index (χ3v) is 5.00. The molecule has 1 heterocycles. The number of hydrogen-bond acceptors (Lipinski definition) is 2. The highest BCUT2D eigenvalue weighted by Gasteiger charge is 2.53. The first-order valence-electron chi connectivity index (χ1n) is 4.77. The van der Waals surface area contributed by atoms with Gasteiger partial charge in [-0.05, 0) is 13.8 Å². The fraction of sp³-hybridized carbons (Fsp3) is 0.750. The summed E-state index contributed by atoms with van der Waals surface area (Å²) in [5.74, 6) is 0. The van der Waals surface area contributed by atoms with Crippen molar-refractivity contribution in [2.24, 2.45) is 0 Å². The maximum atomic E-state index is 6.13. The second-order valence-corrected chi connectivity index (χ2v) is 9.78. The van der Waals surface area contributed by atoms with Crippen LogP contribution in [0.2, 0.25) is 0 Å². The lowest BCUT2D eigenvalue weighted by Crippen LogP contribution is -2.33. The fourth-order valence-electron chi connectivity index (χ4n) is 1.27. The lowest BCUT2D eigenvalue weighted by Gasteiger charge is -2.30. The van der Waals surface area contributed by atoms with Crippen molar-refractivity contribution in [3.63, 3.8) is 0 Å². The van der Waals surface area contributed by atoms with Gasteiger partial charge in [0, 0.05) is 6.04 Å². The van der Waals surface area contributed by atoms with Gasteiger partial charge in [0.25, 0.3) is 0 Å². The molecule has 0 fully saturated rings. The first-order valence-corrected chi connectivity index (χ1v) is 7.80. The molecule has 0 aromatic carbocycles. The van der Waals surface area contributed by atoms with E-state index >= 15 is 0 Å². The van der Waals surface area contributed by atoms with Crippen LogP contribution in [0.5, 0.6) is 0 Å². The van der Waals surface area contributed by atoms with Gasteiger partial charge < -0.3 is 0 Å². The van der Waals surface area contributed by atoms with Crippen LogP contribution in [0.15, 0.2) is 0 Å². The molecule has 0 atom stereocenters. The third kappa shape index (κ3) is 3.81. The van der Waals surface area contributed by atoms with Crippen molar-refractivity contribution in [3.8, 4) is 0 Å². The first-order chi connectivity index (χ1) is 8.30. The lowest BCUT2D eigenvalue weighted by atomic mass is 10.2. The van der Waals surface area contributed by atoms with Crippen LogP contribution in [-0.4, -0.2) is 18.8 Å². The van der Waals surface area contributed by atoms with Crippen LogP contribution in [0.4, 0.5) is 0 Å². The van der Waals surface area contributed by atoms with Crippen LogP contribution in [0, 0.1) is 0 Å². The van der Waals surface area contributed by atoms with Gasteiger partial charge in [0.2, 0.25) is 11.9 Å². The van der Waals surface area contributed by atoms with Gasteiger partial charge in [-0.25, -0.2) is 4.68 Å². The molecule has 0 amide bonds. The van der Waals surface area contributed by atoms with E-state index in [-0.39, 0.29) is 17.4 Å². The Kier molecular flexibility index (Phi) is 5.77. The second-order valence-electron chi connectivity index (χ2n) is 3.89. The average Bonchev–Trinajstić information content (AvgIpc) is 2.58. The number of rotatable bonds is 2. The van der Waals surface area contributed by atoms with E-state index in [4.69, 9.17) is 92.8 Å². The van der Waals surface area contributed by atoms with Gasteiger partial charge in [0.05, 0.1) is 0 Å². The predicted molar refractivity (Wildman–Crippen MR) is 83.3 cm³/mol. The SMILES string of the molecule is CC(C)n1nnc(C(Cl)(Cl)Cl)c1C(Cl)(Cl)C(Cl)(Cl)Cl. The molecule has 0 N–H and O–H groups in total. The van der Waals surface area contributed by atoms with Crippen molar-refractivity contribution in [2.45, 2.75) is 31.8 Å². The molecule has 19 heavy (non-hydrogen) atoms. The van der Waals surface area contributed by atoms with Crippen molar-refractivity contribution >= 4 is 92.8 Å². The molecule has 0 aliphatic heterocycles. The Bertz CT molecular complexity index is 456. The van der Waals surface area contributed by atoms with E-state index in [1.807, 2.05) is 0 Å².